The number of esters is 1. The first-order valence-electron chi connectivity index (χ1n) is 5.99. The molecule has 1 aliphatic rings. The molecule has 0 spiro atoms. The molecule has 0 aromatic heterocycles. The zero-order valence-electron chi connectivity index (χ0n) is 9.93. The number of carbonyl (C=O) groups is 1. The molecule has 1 unspecified atom stereocenters. The first-order valence-corrected chi connectivity index (χ1v) is 5.99. The second kappa shape index (κ2) is 4.30. The Morgan fingerprint density at radius 2 is 1.83 bits per heavy atom. The summed E-state index contributed by atoms with van der Waals surface area (Å²) < 4.78 is 5.27. The quantitative estimate of drug-likeness (QED) is 0.743. The molecule has 0 aliphatic carbocycles. The van der Waals surface area contributed by atoms with Crippen LogP contribution in [-0.2, 0) is 4.74 Å². The van der Waals surface area contributed by atoms with Crippen molar-refractivity contribution in [2.45, 2.75) is 12.5 Å². The number of rotatable bonds is 2. The molecule has 0 saturated heterocycles. The van der Waals surface area contributed by atoms with Gasteiger partial charge in [0.2, 0.25) is 0 Å². The van der Waals surface area contributed by atoms with Gasteiger partial charge in [-0.05, 0) is 30.5 Å². The van der Waals surface area contributed by atoms with E-state index >= 15 is 0 Å². The second-order valence-electron chi connectivity index (χ2n) is 4.35. The Morgan fingerprint density at radius 1 is 1.06 bits per heavy atom. The molecular weight excluding hydrogens is 224 g/mol. The predicted octanol–water partition coefficient (Wildman–Crippen LogP) is 3.79. The Labute approximate surface area is 106 Å². The molecule has 1 heterocycles. The highest BCUT2D eigenvalue weighted by molar-refractivity contribution is 5.95. The average molecular weight is 237 g/mol. The van der Waals surface area contributed by atoms with E-state index in [1.54, 1.807) is 0 Å². The van der Waals surface area contributed by atoms with Crippen LogP contribution in [0, 0.1) is 6.92 Å². The summed E-state index contributed by atoms with van der Waals surface area (Å²) in [5.41, 5.74) is 3.77. The average Bonchev–Trinajstić information content (AvgIpc) is 2.76. The fraction of sp³-hybridized carbons (Fsp3) is 0.125. The van der Waals surface area contributed by atoms with Crippen LogP contribution in [0.5, 0.6) is 0 Å². The van der Waals surface area contributed by atoms with E-state index in [1.165, 1.54) is 0 Å². The molecule has 2 heteroatoms. The van der Waals surface area contributed by atoms with Gasteiger partial charge in [0.1, 0.15) is 6.10 Å². The van der Waals surface area contributed by atoms with Crippen molar-refractivity contribution in [3.05, 3.63) is 66.6 Å². The largest absolute Gasteiger partial charge is 0.454 e. The highest BCUT2D eigenvalue weighted by Gasteiger charge is 2.29. The van der Waals surface area contributed by atoms with Crippen LogP contribution in [-0.4, -0.2) is 5.97 Å². The maximum atomic E-state index is 11.8. The number of benzene rings is 2. The first kappa shape index (κ1) is 11.0. The van der Waals surface area contributed by atoms with Gasteiger partial charge in [0.25, 0.3) is 0 Å². The van der Waals surface area contributed by atoms with Gasteiger partial charge in [0.15, 0.2) is 0 Å². The summed E-state index contributed by atoms with van der Waals surface area (Å²) in [7, 11) is 0. The lowest BCUT2D eigenvalue weighted by atomic mass is 9.97. The van der Waals surface area contributed by atoms with Crippen LogP contribution in [0.3, 0.4) is 0 Å². The molecule has 1 radical (unpaired) electrons. The fourth-order valence-corrected chi connectivity index (χ4v) is 2.29. The van der Waals surface area contributed by atoms with E-state index in [0.29, 0.717) is 12.0 Å². The van der Waals surface area contributed by atoms with Gasteiger partial charge in [-0.3, -0.25) is 0 Å². The molecule has 0 bridgehead atoms. The molecule has 89 valence electrons. The van der Waals surface area contributed by atoms with E-state index in [4.69, 9.17) is 4.74 Å². The molecule has 1 aliphatic heterocycles. The Bertz CT molecular complexity index is 587. The van der Waals surface area contributed by atoms with Crippen LogP contribution >= 0.6 is 0 Å². The van der Waals surface area contributed by atoms with Crippen molar-refractivity contribution >= 4 is 5.97 Å². The zero-order valence-corrected chi connectivity index (χ0v) is 9.93. The van der Waals surface area contributed by atoms with Crippen LogP contribution in [0.1, 0.15) is 28.4 Å². The van der Waals surface area contributed by atoms with Gasteiger partial charge in [-0.2, -0.15) is 0 Å². The van der Waals surface area contributed by atoms with E-state index in [1.807, 2.05) is 48.5 Å². The van der Waals surface area contributed by atoms with E-state index in [-0.39, 0.29) is 12.1 Å². The molecule has 2 aromatic carbocycles. The standard InChI is InChI=1S/C16H13O2/c1-2-15-13-9-8-12(10-14(13)16(17)18-15)11-6-4-3-5-7-11/h3-10,15H,1-2H2. The van der Waals surface area contributed by atoms with Crippen molar-refractivity contribution in [3.8, 4) is 11.1 Å². The number of fused-ring (bicyclic) bond motifs is 1. The highest BCUT2D eigenvalue weighted by Crippen LogP contribution is 2.35. The van der Waals surface area contributed by atoms with Crippen molar-refractivity contribution in [3.63, 3.8) is 0 Å². The molecule has 0 amide bonds. The highest BCUT2D eigenvalue weighted by atomic mass is 16.5. The maximum Gasteiger partial charge on any atom is 0.339 e. The number of hydrogen-bond donors (Lipinski definition) is 0. The molecule has 1 atom stereocenters. The SMILES string of the molecule is [CH2]CC1OC(=O)c2cc(-c3ccccc3)ccc21. The number of carbonyl (C=O) groups excluding carboxylic acids is 1. The smallest absolute Gasteiger partial charge is 0.339 e. The van der Waals surface area contributed by atoms with Crippen molar-refractivity contribution in [1.29, 1.82) is 0 Å². The van der Waals surface area contributed by atoms with Crippen molar-refractivity contribution in [1.82, 2.24) is 0 Å². The Balaban J connectivity index is 2.07. The van der Waals surface area contributed by atoms with Gasteiger partial charge in [0, 0.05) is 5.56 Å². The van der Waals surface area contributed by atoms with Crippen molar-refractivity contribution in [2.75, 3.05) is 0 Å². The van der Waals surface area contributed by atoms with E-state index in [2.05, 4.69) is 6.92 Å². The van der Waals surface area contributed by atoms with Gasteiger partial charge >= 0.3 is 5.97 Å². The van der Waals surface area contributed by atoms with Crippen LogP contribution in [0.2, 0.25) is 0 Å². The number of hydrogen-bond acceptors (Lipinski definition) is 2. The van der Waals surface area contributed by atoms with E-state index < -0.39 is 0 Å². The molecule has 2 nitrogen and oxygen atoms in total. The lowest BCUT2D eigenvalue weighted by molar-refractivity contribution is 0.0391. The minimum Gasteiger partial charge on any atom is -0.454 e. The zero-order chi connectivity index (χ0) is 12.5. The van der Waals surface area contributed by atoms with Crippen LogP contribution in [0.4, 0.5) is 0 Å². The molecule has 2 aromatic rings. The van der Waals surface area contributed by atoms with Crippen LogP contribution in [0.25, 0.3) is 11.1 Å². The summed E-state index contributed by atoms with van der Waals surface area (Å²) in [6.45, 7) is 3.80. The molecular formula is C16H13O2. The summed E-state index contributed by atoms with van der Waals surface area (Å²) in [5.74, 6) is -0.239. The minimum atomic E-state index is -0.239. The summed E-state index contributed by atoms with van der Waals surface area (Å²) in [6.07, 6.45) is 0.390. The number of cyclic esters (lactones) is 1. The summed E-state index contributed by atoms with van der Waals surface area (Å²) in [5, 5.41) is 0. The third-order valence-electron chi connectivity index (χ3n) is 3.24. The fourth-order valence-electron chi connectivity index (χ4n) is 2.29. The first-order chi connectivity index (χ1) is 8.79. The van der Waals surface area contributed by atoms with Gasteiger partial charge in [-0.25, -0.2) is 4.79 Å². The molecule has 0 fully saturated rings. The maximum absolute atomic E-state index is 11.8. The van der Waals surface area contributed by atoms with Gasteiger partial charge in [-0.1, -0.05) is 42.5 Å². The number of ether oxygens (including phenoxy) is 1. The van der Waals surface area contributed by atoms with E-state index in [9.17, 15) is 4.79 Å². The lowest BCUT2D eigenvalue weighted by Gasteiger charge is -2.07. The van der Waals surface area contributed by atoms with Gasteiger partial charge in [-0.15, -0.1) is 0 Å². The molecule has 3 rings (SSSR count). The monoisotopic (exact) mass is 237 g/mol. The summed E-state index contributed by atoms with van der Waals surface area (Å²) >= 11 is 0. The van der Waals surface area contributed by atoms with Gasteiger partial charge < -0.3 is 4.74 Å². The topological polar surface area (TPSA) is 26.3 Å². The Hall–Kier alpha value is -2.09. The van der Waals surface area contributed by atoms with Gasteiger partial charge in [0.05, 0.1) is 5.56 Å². The van der Waals surface area contributed by atoms with Crippen LogP contribution in [0.15, 0.2) is 48.5 Å². The predicted molar refractivity (Wildman–Crippen MR) is 70.0 cm³/mol. The Morgan fingerprint density at radius 3 is 2.56 bits per heavy atom. The minimum absolute atomic E-state index is 0.183. The van der Waals surface area contributed by atoms with E-state index in [0.717, 1.165) is 16.7 Å². The third-order valence-corrected chi connectivity index (χ3v) is 3.24. The molecule has 0 saturated carbocycles. The normalized spacial score (nSPS) is 17.4. The molecule has 18 heavy (non-hydrogen) atoms. The second-order valence-corrected chi connectivity index (χ2v) is 4.35. The Kier molecular flexibility index (Phi) is 2.63. The van der Waals surface area contributed by atoms with Crippen molar-refractivity contribution < 1.29 is 9.53 Å². The van der Waals surface area contributed by atoms with Crippen LogP contribution < -0.4 is 0 Å². The summed E-state index contributed by atoms with van der Waals surface area (Å²) in [6, 6.07) is 15.9. The molecule has 0 N–H and O–H groups in total. The lowest BCUT2D eigenvalue weighted by Crippen LogP contribution is -1.96. The van der Waals surface area contributed by atoms with Crippen molar-refractivity contribution in [2.24, 2.45) is 0 Å². The summed E-state index contributed by atoms with van der Waals surface area (Å²) in [4.78, 5) is 11.8. The third kappa shape index (κ3) is 1.70.